The van der Waals surface area contributed by atoms with Crippen LogP contribution in [0.2, 0.25) is 0 Å². The maximum absolute atomic E-state index is 11.2. The average molecular weight is 282 g/mol. The van der Waals surface area contributed by atoms with E-state index < -0.39 is 0 Å². The van der Waals surface area contributed by atoms with E-state index in [2.05, 4.69) is 15.3 Å². The monoisotopic (exact) mass is 282 g/mol. The molecule has 0 spiro atoms. The van der Waals surface area contributed by atoms with Crippen molar-refractivity contribution in [2.24, 2.45) is 0 Å². The summed E-state index contributed by atoms with van der Waals surface area (Å²) >= 11 is 1.53. The Morgan fingerprint density at radius 1 is 1.42 bits per heavy atom. The van der Waals surface area contributed by atoms with Crippen LogP contribution in [0.15, 0.2) is 5.03 Å². The Balaban J connectivity index is 2.32. The molecule has 104 valence electrons. The van der Waals surface area contributed by atoms with E-state index in [0.29, 0.717) is 28.5 Å². The van der Waals surface area contributed by atoms with Gasteiger partial charge in [-0.15, -0.1) is 0 Å². The van der Waals surface area contributed by atoms with Gasteiger partial charge in [0.2, 0.25) is 5.95 Å². The summed E-state index contributed by atoms with van der Waals surface area (Å²) in [6, 6.07) is 0. The Kier molecular flexibility index (Phi) is 4.57. The third-order valence-electron chi connectivity index (χ3n) is 3.12. The molecule has 1 N–H and O–H groups in total. The van der Waals surface area contributed by atoms with E-state index >= 15 is 0 Å². The second-order valence-corrected chi connectivity index (χ2v) is 5.89. The summed E-state index contributed by atoms with van der Waals surface area (Å²) in [7, 11) is 0. The highest BCUT2D eigenvalue weighted by Gasteiger charge is 2.26. The molecular weight excluding hydrogens is 264 g/mol. The lowest BCUT2D eigenvalue weighted by atomic mass is 10.4. The highest BCUT2D eigenvalue weighted by Crippen LogP contribution is 2.39. The number of hydrogen-bond donors (Lipinski definition) is 1. The van der Waals surface area contributed by atoms with Gasteiger partial charge in [0.15, 0.2) is 5.03 Å². The van der Waals surface area contributed by atoms with Crippen molar-refractivity contribution >= 4 is 23.4 Å². The zero-order valence-electron chi connectivity index (χ0n) is 11.2. The molecule has 0 saturated heterocycles. The minimum atomic E-state index is -0.373. The maximum Gasteiger partial charge on any atom is 0.322 e. The van der Waals surface area contributed by atoms with E-state index in [-0.39, 0.29) is 10.6 Å². The molecule has 1 saturated carbocycles. The van der Waals surface area contributed by atoms with Crippen LogP contribution in [-0.2, 0) is 0 Å². The molecule has 0 atom stereocenters. The van der Waals surface area contributed by atoms with Crippen molar-refractivity contribution in [3.63, 3.8) is 0 Å². The van der Waals surface area contributed by atoms with Gasteiger partial charge in [-0.1, -0.05) is 24.6 Å². The Hall–Kier alpha value is -1.37. The van der Waals surface area contributed by atoms with Crippen molar-refractivity contribution in [1.29, 1.82) is 0 Å². The predicted octanol–water partition coefficient (Wildman–Crippen LogP) is 3.16. The molecule has 0 aliphatic heterocycles. The lowest BCUT2D eigenvalue weighted by molar-refractivity contribution is -0.389. The second kappa shape index (κ2) is 6.18. The van der Waals surface area contributed by atoms with Crippen molar-refractivity contribution in [1.82, 2.24) is 9.97 Å². The zero-order chi connectivity index (χ0) is 13.8. The number of aromatic nitrogens is 2. The fraction of sp³-hybridized carbons (Fsp3) is 0.667. The van der Waals surface area contributed by atoms with Gasteiger partial charge < -0.3 is 5.32 Å². The quantitative estimate of drug-likeness (QED) is 0.507. The number of hydrogen-bond acceptors (Lipinski definition) is 6. The summed E-state index contributed by atoms with van der Waals surface area (Å²) in [6.07, 6.45) is 4.63. The van der Waals surface area contributed by atoms with Gasteiger partial charge in [0, 0.05) is 11.8 Å². The molecule has 0 bridgehead atoms. The van der Waals surface area contributed by atoms with Gasteiger partial charge in [-0.3, -0.25) is 10.1 Å². The Morgan fingerprint density at radius 3 is 2.68 bits per heavy atom. The van der Waals surface area contributed by atoms with E-state index in [1.807, 2.05) is 6.92 Å². The Bertz CT molecular complexity index is 475. The number of aryl methyl sites for hydroxylation is 1. The molecule has 0 radical (unpaired) electrons. The van der Waals surface area contributed by atoms with Crippen LogP contribution in [0.1, 0.15) is 38.3 Å². The molecule has 2 rings (SSSR count). The van der Waals surface area contributed by atoms with Gasteiger partial charge in [0.25, 0.3) is 0 Å². The molecule has 19 heavy (non-hydrogen) atoms. The fourth-order valence-corrected chi connectivity index (χ4v) is 3.59. The van der Waals surface area contributed by atoms with Gasteiger partial charge in [-0.2, -0.15) is 4.98 Å². The van der Waals surface area contributed by atoms with Gasteiger partial charge in [-0.05, 0) is 26.7 Å². The first kappa shape index (κ1) is 14.0. The number of nitrogens with one attached hydrogen (secondary N) is 1. The standard InChI is InChI=1S/C12H18N4O2S/c1-3-13-12-14-8(2)10(16(17)18)11(15-12)19-9-6-4-5-7-9/h9H,3-7H2,1-2H3,(H,13,14,15). The molecule has 1 aromatic heterocycles. The van der Waals surface area contributed by atoms with Crippen LogP contribution in [0.4, 0.5) is 11.6 Å². The first-order valence-electron chi connectivity index (χ1n) is 6.55. The van der Waals surface area contributed by atoms with Crippen LogP contribution in [0.25, 0.3) is 0 Å². The third-order valence-corrected chi connectivity index (χ3v) is 4.44. The molecule has 0 amide bonds. The molecule has 7 heteroatoms. The molecule has 0 aromatic carbocycles. The second-order valence-electron chi connectivity index (χ2n) is 4.60. The summed E-state index contributed by atoms with van der Waals surface area (Å²) < 4.78 is 0. The summed E-state index contributed by atoms with van der Waals surface area (Å²) in [5.74, 6) is 0.478. The van der Waals surface area contributed by atoms with Crippen molar-refractivity contribution in [3.8, 4) is 0 Å². The number of nitro groups is 1. The van der Waals surface area contributed by atoms with Crippen LogP contribution in [0.5, 0.6) is 0 Å². The van der Waals surface area contributed by atoms with Crippen molar-refractivity contribution in [2.45, 2.75) is 49.8 Å². The minimum Gasteiger partial charge on any atom is -0.354 e. The summed E-state index contributed by atoms with van der Waals surface area (Å²) in [5.41, 5.74) is 0.481. The smallest absolute Gasteiger partial charge is 0.322 e. The highest BCUT2D eigenvalue weighted by atomic mass is 32.2. The minimum absolute atomic E-state index is 0.0542. The van der Waals surface area contributed by atoms with Gasteiger partial charge >= 0.3 is 5.69 Å². The van der Waals surface area contributed by atoms with Gasteiger partial charge in [0.1, 0.15) is 5.69 Å². The van der Waals surface area contributed by atoms with Gasteiger partial charge in [0.05, 0.1) is 4.92 Å². The maximum atomic E-state index is 11.2. The van der Waals surface area contributed by atoms with E-state index in [4.69, 9.17) is 0 Å². The Labute approximate surface area is 116 Å². The van der Waals surface area contributed by atoms with Crippen LogP contribution >= 0.6 is 11.8 Å². The fourth-order valence-electron chi connectivity index (χ4n) is 2.23. The summed E-state index contributed by atoms with van der Waals surface area (Å²) in [4.78, 5) is 19.3. The molecule has 1 heterocycles. The van der Waals surface area contributed by atoms with Crippen molar-refractivity contribution in [2.75, 3.05) is 11.9 Å². The summed E-state index contributed by atoms with van der Waals surface area (Å²) in [6.45, 7) is 4.31. The van der Waals surface area contributed by atoms with E-state index in [1.165, 1.54) is 24.6 Å². The van der Waals surface area contributed by atoms with Crippen molar-refractivity contribution in [3.05, 3.63) is 15.8 Å². The molecule has 1 aliphatic rings. The first-order chi connectivity index (χ1) is 9.11. The zero-order valence-corrected chi connectivity index (χ0v) is 12.0. The van der Waals surface area contributed by atoms with E-state index in [9.17, 15) is 10.1 Å². The highest BCUT2D eigenvalue weighted by molar-refractivity contribution is 8.00. The molecule has 1 aliphatic carbocycles. The lowest BCUT2D eigenvalue weighted by Gasteiger charge is -2.11. The first-order valence-corrected chi connectivity index (χ1v) is 7.43. The largest absolute Gasteiger partial charge is 0.354 e. The number of rotatable bonds is 5. The SMILES string of the molecule is CCNc1nc(C)c([N+](=O)[O-])c(SC2CCCC2)n1. The predicted molar refractivity (Wildman–Crippen MR) is 75.7 cm³/mol. The van der Waals surface area contributed by atoms with Crippen LogP contribution < -0.4 is 5.32 Å². The third kappa shape index (κ3) is 3.34. The molecule has 1 aromatic rings. The number of anilines is 1. The normalized spacial score (nSPS) is 15.7. The van der Waals surface area contributed by atoms with E-state index in [1.54, 1.807) is 6.92 Å². The topological polar surface area (TPSA) is 81.0 Å². The van der Waals surface area contributed by atoms with Gasteiger partial charge in [-0.25, -0.2) is 4.98 Å². The Morgan fingerprint density at radius 2 is 2.11 bits per heavy atom. The lowest BCUT2D eigenvalue weighted by Crippen LogP contribution is -2.08. The van der Waals surface area contributed by atoms with E-state index in [0.717, 1.165) is 12.8 Å². The number of nitrogens with zero attached hydrogens (tertiary/aromatic N) is 3. The number of thioether (sulfide) groups is 1. The molecule has 0 unspecified atom stereocenters. The molecule has 6 nitrogen and oxygen atoms in total. The molecule has 1 fully saturated rings. The van der Waals surface area contributed by atoms with Crippen LogP contribution in [0, 0.1) is 17.0 Å². The van der Waals surface area contributed by atoms with Crippen LogP contribution in [-0.4, -0.2) is 26.7 Å². The average Bonchev–Trinajstić information content (AvgIpc) is 2.81. The van der Waals surface area contributed by atoms with Crippen LogP contribution in [0.3, 0.4) is 0 Å². The van der Waals surface area contributed by atoms with Crippen molar-refractivity contribution < 1.29 is 4.92 Å². The summed E-state index contributed by atoms with van der Waals surface area (Å²) in [5, 5.41) is 15.1. The molecular formula is C12H18N4O2S.